The summed E-state index contributed by atoms with van der Waals surface area (Å²) in [5, 5.41) is 0. The van der Waals surface area contributed by atoms with Crippen LogP contribution >= 0.6 is 0 Å². The summed E-state index contributed by atoms with van der Waals surface area (Å²) in [4.78, 5) is 25.2. The molecule has 1 saturated carbocycles. The normalized spacial score (nSPS) is 30.4. The molecular weight excluding hydrogens is 372 g/mol. The summed E-state index contributed by atoms with van der Waals surface area (Å²) in [6, 6.07) is 5.67. The molecule has 0 aromatic heterocycles. The van der Waals surface area contributed by atoms with Crippen molar-refractivity contribution in [3.63, 3.8) is 0 Å². The first kappa shape index (κ1) is 21.0. The van der Waals surface area contributed by atoms with Crippen molar-refractivity contribution in [3.8, 4) is 11.5 Å². The van der Waals surface area contributed by atoms with E-state index in [1.54, 1.807) is 20.3 Å². The molecule has 2 aliphatic rings. The summed E-state index contributed by atoms with van der Waals surface area (Å²) in [5.74, 6) is 0.220. The number of ether oxygens (including phenoxy) is 4. The fourth-order valence-corrected chi connectivity index (χ4v) is 5.11. The van der Waals surface area contributed by atoms with Crippen molar-refractivity contribution in [2.24, 2.45) is 17.3 Å². The molecule has 5 atom stereocenters. The van der Waals surface area contributed by atoms with Crippen LogP contribution in [0.25, 0.3) is 0 Å². The van der Waals surface area contributed by atoms with E-state index in [1.807, 2.05) is 24.3 Å². The highest BCUT2D eigenvalue weighted by Crippen LogP contribution is 2.62. The Kier molecular flexibility index (Phi) is 5.73. The summed E-state index contributed by atoms with van der Waals surface area (Å²) < 4.78 is 22.0. The van der Waals surface area contributed by atoms with Crippen LogP contribution in [0.2, 0.25) is 0 Å². The first-order chi connectivity index (χ1) is 13.8. The lowest BCUT2D eigenvalue weighted by atomic mass is 9.70. The molecule has 1 aromatic rings. The summed E-state index contributed by atoms with van der Waals surface area (Å²) in [7, 11) is 4.65. The molecule has 0 aliphatic heterocycles. The molecule has 2 bridgehead atoms. The number of benzene rings is 1. The quantitative estimate of drug-likeness (QED) is 0.514. The van der Waals surface area contributed by atoms with Crippen LogP contribution in [-0.4, -0.2) is 39.2 Å². The Morgan fingerprint density at radius 2 is 1.83 bits per heavy atom. The van der Waals surface area contributed by atoms with Gasteiger partial charge in [-0.2, -0.15) is 0 Å². The fraction of sp³-hybridized carbons (Fsp3) is 0.478. The van der Waals surface area contributed by atoms with E-state index in [4.69, 9.17) is 18.9 Å². The Hall–Kier alpha value is -2.76. The third-order valence-corrected chi connectivity index (χ3v) is 6.38. The number of rotatable bonds is 7. The van der Waals surface area contributed by atoms with Gasteiger partial charge in [0.1, 0.15) is 6.10 Å². The van der Waals surface area contributed by atoms with Crippen LogP contribution in [0.4, 0.5) is 0 Å². The van der Waals surface area contributed by atoms with E-state index < -0.39 is 23.4 Å². The highest BCUT2D eigenvalue weighted by Gasteiger charge is 2.64. The van der Waals surface area contributed by atoms with E-state index in [0.717, 1.165) is 5.56 Å². The van der Waals surface area contributed by atoms with Crippen LogP contribution < -0.4 is 9.47 Å². The number of fused-ring (bicyclic) bond motifs is 2. The highest BCUT2D eigenvalue weighted by molar-refractivity contribution is 5.99. The molecule has 0 spiro atoms. The average Bonchev–Trinajstić information content (AvgIpc) is 2.87. The van der Waals surface area contributed by atoms with E-state index in [-0.39, 0.29) is 17.6 Å². The maximum Gasteiger partial charge on any atom is 0.302 e. The minimum atomic E-state index is -0.586. The molecule has 1 aromatic carbocycles. The van der Waals surface area contributed by atoms with Gasteiger partial charge in [-0.1, -0.05) is 19.1 Å². The van der Waals surface area contributed by atoms with Crippen molar-refractivity contribution in [1.82, 2.24) is 0 Å². The molecular formula is C23H28O6. The summed E-state index contributed by atoms with van der Waals surface area (Å²) in [6.07, 6.45) is 3.62. The zero-order chi connectivity index (χ0) is 21.3. The number of Topliss-reactive ketones (excluding diaryl/α,β-unsaturated/α-hetero) is 1. The first-order valence-corrected chi connectivity index (χ1v) is 9.65. The lowest BCUT2D eigenvalue weighted by Crippen LogP contribution is -2.44. The Balaban J connectivity index is 2.19. The maximum atomic E-state index is 13.3. The summed E-state index contributed by atoms with van der Waals surface area (Å²) in [6.45, 7) is 7.36. The third kappa shape index (κ3) is 3.20. The van der Waals surface area contributed by atoms with Crippen LogP contribution in [0.15, 0.2) is 42.7 Å². The molecule has 3 rings (SSSR count). The van der Waals surface area contributed by atoms with Gasteiger partial charge in [0.15, 0.2) is 17.3 Å². The Bertz CT molecular complexity index is 857. The lowest BCUT2D eigenvalue weighted by molar-refractivity contribution is -0.156. The van der Waals surface area contributed by atoms with Gasteiger partial charge in [0.05, 0.1) is 27.2 Å². The van der Waals surface area contributed by atoms with Crippen LogP contribution in [-0.2, 0) is 19.1 Å². The van der Waals surface area contributed by atoms with Crippen LogP contribution in [0.3, 0.4) is 0 Å². The number of hydrogen-bond acceptors (Lipinski definition) is 6. The number of methoxy groups -OCH3 is 3. The van der Waals surface area contributed by atoms with Gasteiger partial charge in [-0.15, -0.1) is 6.58 Å². The van der Waals surface area contributed by atoms with E-state index in [0.29, 0.717) is 23.7 Å². The lowest BCUT2D eigenvalue weighted by Gasteiger charge is -2.38. The number of carbonyl (C=O) groups excluding carboxylic acids is 2. The Labute approximate surface area is 171 Å². The second kappa shape index (κ2) is 7.93. The summed E-state index contributed by atoms with van der Waals surface area (Å²) in [5.41, 5.74) is 0.358. The number of hydrogen-bond donors (Lipinski definition) is 0. The molecule has 0 N–H and O–H groups in total. The molecule has 0 saturated heterocycles. The van der Waals surface area contributed by atoms with Gasteiger partial charge in [0, 0.05) is 18.3 Å². The van der Waals surface area contributed by atoms with Crippen LogP contribution in [0.5, 0.6) is 11.5 Å². The molecule has 0 amide bonds. The second-order valence-corrected chi connectivity index (χ2v) is 7.67. The van der Waals surface area contributed by atoms with Crippen molar-refractivity contribution < 1.29 is 28.5 Å². The monoisotopic (exact) mass is 400 g/mol. The van der Waals surface area contributed by atoms with Crippen molar-refractivity contribution in [3.05, 3.63) is 48.3 Å². The smallest absolute Gasteiger partial charge is 0.302 e. The Morgan fingerprint density at radius 3 is 2.38 bits per heavy atom. The van der Waals surface area contributed by atoms with Crippen LogP contribution in [0, 0.1) is 17.3 Å². The molecule has 6 nitrogen and oxygen atoms in total. The number of carbonyl (C=O) groups is 2. The van der Waals surface area contributed by atoms with Gasteiger partial charge >= 0.3 is 5.97 Å². The summed E-state index contributed by atoms with van der Waals surface area (Å²) >= 11 is 0. The van der Waals surface area contributed by atoms with E-state index in [2.05, 4.69) is 13.5 Å². The molecule has 0 radical (unpaired) electrons. The van der Waals surface area contributed by atoms with E-state index in [9.17, 15) is 9.59 Å². The standard InChI is InChI=1S/C23H28O6/c1-7-10-23-12-18(28-6)21(25)20(22(23)29-14(3)24)19(13(23)2)15-8-9-16(26-4)17(11-15)27-5/h7-9,11-13,19-20,22H,1,10H2,2-6H3/t13-,19+,20+,22-,23+/m1/s1. The topological polar surface area (TPSA) is 71.1 Å². The fourth-order valence-electron chi connectivity index (χ4n) is 5.11. The van der Waals surface area contributed by atoms with Crippen molar-refractivity contribution in [2.75, 3.05) is 21.3 Å². The first-order valence-electron chi connectivity index (χ1n) is 9.65. The molecule has 0 unspecified atom stereocenters. The average molecular weight is 400 g/mol. The predicted octanol–water partition coefficient (Wildman–Crippen LogP) is 3.66. The number of ketones is 1. The minimum Gasteiger partial charge on any atom is -0.493 e. The minimum absolute atomic E-state index is 0.00967. The largest absolute Gasteiger partial charge is 0.493 e. The Morgan fingerprint density at radius 1 is 1.14 bits per heavy atom. The maximum absolute atomic E-state index is 13.3. The molecule has 6 heteroatoms. The highest BCUT2D eigenvalue weighted by atomic mass is 16.5. The number of allylic oxidation sites excluding steroid dienone is 2. The number of esters is 1. The van der Waals surface area contributed by atoms with Gasteiger partial charge in [0.2, 0.25) is 5.78 Å². The molecule has 1 fully saturated rings. The van der Waals surface area contributed by atoms with Gasteiger partial charge in [-0.25, -0.2) is 0 Å². The van der Waals surface area contributed by atoms with Gasteiger partial charge in [-0.3, -0.25) is 9.59 Å². The zero-order valence-corrected chi connectivity index (χ0v) is 17.6. The zero-order valence-electron chi connectivity index (χ0n) is 17.6. The van der Waals surface area contributed by atoms with Gasteiger partial charge in [0.25, 0.3) is 0 Å². The van der Waals surface area contributed by atoms with E-state index in [1.165, 1.54) is 14.0 Å². The third-order valence-electron chi connectivity index (χ3n) is 6.38. The second-order valence-electron chi connectivity index (χ2n) is 7.67. The van der Waals surface area contributed by atoms with Gasteiger partial charge < -0.3 is 18.9 Å². The predicted molar refractivity (Wildman–Crippen MR) is 108 cm³/mol. The molecule has 29 heavy (non-hydrogen) atoms. The van der Waals surface area contributed by atoms with Crippen molar-refractivity contribution >= 4 is 11.8 Å². The molecule has 156 valence electrons. The molecule has 0 heterocycles. The van der Waals surface area contributed by atoms with E-state index >= 15 is 0 Å². The van der Waals surface area contributed by atoms with Gasteiger partial charge in [-0.05, 0) is 36.1 Å². The SMILES string of the molecule is C=CC[C@]12C=C(OC)C(=O)[C@H]([C@H](c3ccc(OC)c(OC)c3)[C@H]1C)[C@H]2OC(C)=O. The van der Waals surface area contributed by atoms with Crippen LogP contribution in [0.1, 0.15) is 31.7 Å². The van der Waals surface area contributed by atoms with Crippen molar-refractivity contribution in [1.29, 1.82) is 0 Å². The molecule has 2 aliphatic carbocycles. The van der Waals surface area contributed by atoms with Crippen molar-refractivity contribution in [2.45, 2.75) is 32.3 Å².